The van der Waals surface area contributed by atoms with E-state index >= 15 is 0 Å². The third kappa shape index (κ3) is 23.1. The Morgan fingerprint density at radius 1 is 0.444 bits per heavy atom. The Hall–Kier alpha value is -10.3. The number of ether oxygens (including phenoxy) is 1. The predicted molar refractivity (Wildman–Crippen MR) is 417 cm³/mol. The van der Waals surface area contributed by atoms with Crippen LogP contribution in [-0.2, 0) is 98.2 Å². The van der Waals surface area contributed by atoms with Crippen LogP contribution in [0.3, 0.4) is 0 Å². The average Bonchev–Trinajstić information content (AvgIpc) is 1.66. The van der Waals surface area contributed by atoms with E-state index in [1.54, 1.807) is 80.5 Å². The summed E-state index contributed by atoms with van der Waals surface area (Å²) in [6.45, 7) is 6.52. The van der Waals surface area contributed by atoms with Crippen LogP contribution < -0.4 is 17.2 Å². The Labute approximate surface area is 651 Å². The van der Waals surface area contributed by atoms with E-state index < -0.39 is 0 Å². The maximum absolute atomic E-state index is 13.4. The monoisotopic (exact) mass is 1610 g/mol. The summed E-state index contributed by atoms with van der Waals surface area (Å²) in [5.41, 5.74) is 27.4. The number of anilines is 3. The Morgan fingerprint density at radius 2 is 0.787 bits per heavy atom. The first-order valence-electron chi connectivity index (χ1n) is 36.4. The SMILES string of the molecule is CCOC(=O)CCn1cc(CN(Cc2ccc(N)cc2)C(=O)CCC(=O)N2CCCC2c2ccccc2Br)nn1.Cn1cc(CN(Cc2ccc(N)cc2)C(=O)CCC(=O)N2CCCC2c2ccccc2Cl)nn1.Cn1cc(CN(Cc2ccc(N)cc2)C(=O)CCC(=O)N2CCC[C@H]2c2ccccc2Br)nn1. The zero-order chi connectivity index (χ0) is 76.6. The standard InChI is InChI=1S/C29H35BrN6O4.C25H29BrN6O2.C25H29ClN6O2/c1-2-40-29(39)15-17-35-20-23(32-33-35)19-34(18-21-9-11-22(31)12-10-21)27(37)13-14-28(38)36-16-5-8-26(36)24-6-3-4-7-25(24)30;2*1-30-16-20(28-29-30)17-31(15-18-8-10-19(27)11-9-18)24(33)12-13-25(34)32-14-4-7-23(32)21-5-2-3-6-22(21)26/h3-4,6-7,9-12,20,26H,2,5,8,13-19,31H2,1H3;2*2-3,5-6,8-11,16,23H,4,7,12-15,17,27H2,1H3/t;23-;/m.0./s1. The third-order valence-corrected chi connectivity index (χ3v) is 20.9. The number of nitrogens with two attached hydrogens (primary N) is 3. The molecule has 3 atom stereocenters. The minimum absolute atomic E-state index is 0.00806. The van der Waals surface area contributed by atoms with Crippen molar-refractivity contribution in [1.29, 1.82) is 0 Å². The Balaban J connectivity index is 0.000000174. The summed E-state index contributed by atoms with van der Waals surface area (Å²) in [5, 5.41) is 25.1. The molecule has 6 aromatic carbocycles. The number of rotatable bonds is 28. The number of carbonyl (C=O) groups excluding carboxylic acids is 7. The molecule has 3 aliphatic rings. The molecule has 26 nitrogen and oxygen atoms in total. The Bertz CT molecular complexity index is 4320. The number of carbonyl (C=O) groups is 7. The minimum atomic E-state index is -0.302. The van der Waals surface area contributed by atoms with E-state index in [-0.39, 0.29) is 111 Å². The number of aromatic nitrogens is 9. The van der Waals surface area contributed by atoms with Crippen LogP contribution in [0.5, 0.6) is 0 Å². The molecular formula is C79H93Br2ClN18O8. The summed E-state index contributed by atoms with van der Waals surface area (Å²) in [6.07, 6.45) is 11.8. The second kappa shape index (κ2) is 39.5. The zero-order valence-electron chi connectivity index (χ0n) is 61.1. The zero-order valence-corrected chi connectivity index (χ0v) is 65.1. The van der Waals surface area contributed by atoms with Gasteiger partial charge in [0.1, 0.15) is 17.1 Å². The number of aryl methyl sites for hydroxylation is 3. The maximum atomic E-state index is 13.4. The predicted octanol–water partition coefficient (Wildman–Crippen LogP) is 11.8. The highest BCUT2D eigenvalue weighted by Crippen LogP contribution is 2.39. The molecule has 29 heteroatoms. The third-order valence-electron chi connectivity index (χ3n) is 19.1. The molecule has 568 valence electrons. The highest BCUT2D eigenvalue weighted by atomic mass is 79.9. The van der Waals surface area contributed by atoms with Gasteiger partial charge in [-0.2, -0.15) is 0 Å². The van der Waals surface area contributed by atoms with Crippen LogP contribution in [0, 0.1) is 0 Å². The van der Waals surface area contributed by atoms with Gasteiger partial charge >= 0.3 is 5.97 Å². The summed E-state index contributed by atoms with van der Waals surface area (Å²) in [5.74, 6) is -0.686. The van der Waals surface area contributed by atoms with Gasteiger partial charge in [-0.15, -0.1) is 15.3 Å². The normalized spacial score (nSPS) is 15.2. The molecule has 0 radical (unpaired) electrons. The number of hydrogen-bond donors (Lipinski definition) is 3. The maximum Gasteiger partial charge on any atom is 0.307 e. The van der Waals surface area contributed by atoms with Gasteiger partial charge < -0.3 is 51.3 Å². The van der Waals surface area contributed by atoms with Crippen LogP contribution in [0.1, 0.15) is 159 Å². The van der Waals surface area contributed by atoms with E-state index in [2.05, 4.69) is 68.9 Å². The molecule has 6 heterocycles. The summed E-state index contributed by atoms with van der Waals surface area (Å²) in [6, 6.07) is 45.9. The molecule has 0 spiro atoms. The molecule has 2 unspecified atom stereocenters. The average molecular weight is 1620 g/mol. The Morgan fingerprint density at radius 3 is 1.14 bits per heavy atom. The largest absolute Gasteiger partial charge is 0.466 e. The second-order valence-electron chi connectivity index (χ2n) is 27.1. The van der Waals surface area contributed by atoms with Gasteiger partial charge in [-0.1, -0.05) is 150 Å². The van der Waals surface area contributed by atoms with Crippen molar-refractivity contribution >= 4 is 102 Å². The van der Waals surface area contributed by atoms with E-state index in [1.807, 2.05) is 142 Å². The fourth-order valence-electron chi connectivity index (χ4n) is 13.7. The topological polar surface area (TPSA) is 318 Å². The summed E-state index contributed by atoms with van der Waals surface area (Å²) in [7, 11) is 3.58. The molecule has 0 bridgehead atoms. The second-order valence-corrected chi connectivity index (χ2v) is 29.2. The van der Waals surface area contributed by atoms with Crippen molar-refractivity contribution in [2.75, 3.05) is 43.4 Å². The van der Waals surface area contributed by atoms with Gasteiger partial charge in [-0.3, -0.25) is 47.6 Å². The van der Waals surface area contributed by atoms with Crippen LogP contribution >= 0.6 is 43.5 Å². The minimum Gasteiger partial charge on any atom is -0.466 e. The molecule has 12 rings (SSSR count). The molecule has 9 aromatic rings. The number of likely N-dealkylation sites (tertiary alicyclic amines) is 3. The van der Waals surface area contributed by atoms with E-state index in [1.165, 1.54) is 0 Å². The lowest BCUT2D eigenvalue weighted by molar-refractivity contribution is -0.143. The first-order valence-corrected chi connectivity index (χ1v) is 38.3. The molecule has 3 fully saturated rings. The van der Waals surface area contributed by atoms with Crippen molar-refractivity contribution in [3.8, 4) is 0 Å². The lowest BCUT2D eigenvalue weighted by Crippen LogP contribution is -2.34. The van der Waals surface area contributed by atoms with E-state index in [0.29, 0.717) is 105 Å². The number of esters is 1. The number of nitrogen functional groups attached to an aromatic ring is 3. The molecule has 3 saturated heterocycles. The molecular weight excluding hydrogens is 1520 g/mol. The first kappa shape index (κ1) is 80.2. The molecule has 3 aliphatic heterocycles. The molecule has 6 N–H and O–H groups in total. The quantitative estimate of drug-likeness (QED) is 0.0303. The van der Waals surface area contributed by atoms with Gasteiger partial charge in [-0.05, 0) is 133 Å². The number of amides is 6. The first-order chi connectivity index (χ1) is 52.1. The van der Waals surface area contributed by atoms with Crippen LogP contribution in [0.15, 0.2) is 173 Å². The fourth-order valence-corrected chi connectivity index (χ4v) is 15.0. The van der Waals surface area contributed by atoms with Gasteiger partial charge in [0, 0.05) is 135 Å². The lowest BCUT2D eigenvalue weighted by Gasteiger charge is -2.27. The van der Waals surface area contributed by atoms with Gasteiger partial charge in [0.2, 0.25) is 35.4 Å². The van der Waals surface area contributed by atoms with Crippen LogP contribution in [-0.4, -0.2) is 142 Å². The van der Waals surface area contributed by atoms with Crippen molar-refractivity contribution in [2.24, 2.45) is 14.1 Å². The van der Waals surface area contributed by atoms with E-state index in [9.17, 15) is 33.6 Å². The van der Waals surface area contributed by atoms with Crippen molar-refractivity contribution in [3.05, 3.63) is 229 Å². The number of nitrogens with zero attached hydrogens (tertiary/aromatic N) is 15. The molecule has 108 heavy (non-hydrogen) atoms. The van der Waals surface area contributed by atoms with E-state index in [0.717, 1.165) is 80.9 Å². The highest BCUT2D eigenvalue weighted by Gasteiger charge is 2.35. The summed E-state index contributed by atoms with van der Waals surface area (Å²) < 4.78 is 11.7. The van der Waals surface area contributed by atoms with Gasteiger partial charge in [0.15, 0.2) is 0 Å². The lowest BCUT2D eigenvalue weighted by atomic mass is 10.0. The fraction of sp³-hybridized carbons (Fsp3) is 0.380. The van der Waals surface area contributed by atoms with Crippen molar-refractivity contribution in [2.45, 2.75) is 154 Å². The van der Waals surface area contributed by atoms with Gasteiger partial charge in [0.25, 0.3) is 0 Å². The Kier molecular flexibility index (Phi) is 29.3. The molecule has 6 amide bonds. The number of hydrogen-bond acceptors (Lipinski definition) is 17. The summed E-state index contributed by atoms with van der Waals surface area (Å²) >= 11 is 13.6. The number of benzene rings is 6. The van der Waals surface area contributed by atoms with Gasteiger partial charge in [0.05, 0.1) is 63.5 Å². The smallest absolute Gasteiger partial charge is 0.307 e. The van der Waals surface area contributed by atoms with Crippen LogP contribution in [0.25, 0.3) is 0 Å². The molecule has 0 saturated carbocycles. The highest BCUT2D eigenvalue weighted by molar-refractivity contribution is 9.10. The molecule has 3 aromatic heterocycles. The summed E-state index contributed by atoms with van der Waals surface area (Å²) in [4.78, 5) is 102. The van der Waals surface area contributed by atoms with Crippen LogP contribution in [0.2, 0.25) is 5.02 Å². The van der Waals surface area contributed by atoms with Gasteiger partial charge in [-0.25, -0.2) is 0 Å². The number of halogens is 3. The van der Waals surface area contributed by atoms with Crippen molar-refractivity contribution in [1.82, 2.24) is 74.4 Å². The van der Waals surface area contributed by atoms with Crippen LogP contribution in [0.4, 0.5) is 17.1 Å². The van der Waals surface area contributed by atoms with Crippen molar-refractivity contribution in [3.63, 3.8) is 0 Å². The van der Waals surface area contributed by atoms with Crippen molar-refractivity contribution < 1.29 is 38.3 Å². The van der Waals surface area contributed by atoms with E-state index in [4.69, 9.17) is 33.5 Å². The molecule has 0 aliphatic carbocycles.